The summed E-state index contributed by atoms with van der Waals surface area (Å²) in [5.74, 6) is 0.687. The van der Waals surface area contributed by atoms with E-state index in [-0.39, 0.29) is 17.9 Å². The minimum absolute atomic E-state index is 0.135. The summed E-state index contributed by atoms with van der Waals surface area (Å²) in [6, 6.07) is 0.203. The molecule has 1 aliphatic carbocycles. The number of nitrogens with two attached hydrogens (primary N) is 1. The Bertz CT molecular complexity index is 289. The first-order chi connectivity index (χ1) is 9.18. The molecule has 0 aromatic heterocycles. The molecule has 0 radical (unpaired) electrons. The summed E-state index contributed by atoms with van der Waals surface area (Å²) in [6.45, 7) is 6.54. The maximum Gasteiger partial charge on any atom is 0.223 e. The van der Waals surface area contributed by atoms with Crippen molar-refractivity contribution in [2.45, 2.75) is 51.5 Å². The highest BCUT2D eigenvalue weighted by Gasteiger charge is 2.32. The number of carbonyl (C=O) groups excluding carboxylic acids is 1. The largest absolute Gasteiger partial charge is 0.356 e. The average molecular weight is 267 g/mol. The molecule has 3 N–H and O–H groups in total. The van der Waals surface area contributed by atoms with Gasteiger partial charge in [0.15, 0.2) is 0 Å². The van der Waals surface area contributed by atoms with E-state index in [9.17, 15) is 4.79 Å². The fourth-order valence-electron chi connectivity index (χ4n) is 3.42. The van der Waals surface area contributed by atoms with Gasteiger partial charge in [-0.25, -0.2) is 0 Å². The molecule has 2 fully saturated rings. The van der Waals surface area contributed by atoms with Crippen LogP contribution in [-0.4, -0.2) is 43.0 Å². The molecule has 0 aromatic carbocycles. The molecule has 0 spiro atoms. The topological polar surface area (TPSA) is 58.4 Å². The summed E-state index contributed by atoms with van der Waals surface area (Å²) in [6.07, 6.45) is 6.91. The van der Waals surface area contributed by atoms with Crippen molar-refractivity contribution >= 4 is 5.91 Å². The summed E-state index contributed by atoms with van der Waals surface area (Å²) in [7, 11) is 0. The summed E-state index contributed by atoms with van der Waals surface area (Å²) in [5, 5.41) is 3.11. The van der Waals surface area contributed by atoms with Crippen molar-refractivity contribution in [1.29, 1.82) is 0 Å². The van der Waals surface area contributed by atoms with Crippen LogP contribution in [0.15, 0.2) is 0 Å². The zero-order chi connectivity index (χ0) is 13.7. The predicted octanol–water partition coefficient (Wildman–Crippen LogP) is 1.35. The van der Waals surface area contributed by atoms with Crippen LogP contribution < -0.4 is 11.1 Å². The minimum Gasteiger partial charge on any atom is -0.356 e. The van der Waals surface area contributed by atoms with Crippen LogP contribution in [-0.2, 0) is 4.79 Å². The Morgan fingerprint density at radius 3 is 2.74 bits per heavy atom. The van der Waals surface area contributed by atoms with E-state index in [1.54, 1.807) is 0 Å². The molecule has 3 unspecified atom stereocenters. The van der Waals surface area contributed by atoms with E-state index < -0.39 is 0 Å². The van der Waals surface area contributed by atoms with Crippen LogP contribution in [0, 0.1) is 11.8 Å². The lowest BCUT2D eigenvalue weighted by Crippen LogP contribution is -2.44. The molecule has 1 amide bonds. The molecule has 1 saturated heterocycles. The van der Waals surface area contributed by atoms with E-state index in [4.69, 9.17) is 5.73 Å². The normalized spacial score (nSPS) is 32.4. The first kappa shape index (κ1) is 14.8. The van der Waals surface area contributed by atoms with Gasteiger partial charge in [0.2, 0.25) is 5.91 Å². The SMILES string of the molecule is CC1C(N)CCCC1C(=O)NCCCN1CCCC1. The molecule has 1 heterocycles. The highest BCUT2D eigenvalue weighted by Crippen LogP contribution is 2.28. The van der Waals surface area contributed by atoms with E-state index in [0.717, 1.165) is 38.8 Å². The molecule has 3 atom stereocenters. The van der Waals surface area contributed by atoms with Gasteiger partial charge in [0, 0.05) is 18.5 Å². The molecule has 4 heteroatoms. The van der Waals surface area contributed by atoms with Crippen LogP contribution in [0.5, 0.6) is 0 Å². The van der Waals surface area contributed by atoms with Crippen LogP contribution in [0.3, 0.4) is 0 Å². The number of amides is 1. The third kappa shape index (κ3) is 4.18. The fourth-order valence-corrected chi connectivity index (χ4v) is 3.42. The quantitative estimate of drug-likeness (QED) is 0.739. The number of nitrogens with one attached hydrogen (secondary N) is 1. The molecule has 1 aliphatic heterocycles. The number of hydrogen-bond donors (Lipinski definition) is 2. The van der Waals surface area contributed by atoms with E-state index >= 15 is 0 Å². The summed E-state index contributed by atoms with van der Waals surface area (Å²) < 4.78 is 0. The van der Waals surface area contributed by atoms with Gasteiger partial charge in [-0.2, -0.15) is 0 Å². The van der Waals surface area contributed by atoms with Crippen molar-refractivity contribution in [1.82, 2.24) is 10.2 Å². The molecule has 2 aliphatic rings. The molecule has 0 bridgehead atoms. The monoisotopic (exact) mass is 267 g/mol. The van der Waals surface area contributed by atoms with Crippen molar-refractivity contribution in [3.05, 3.63) is 0 Å². The molecule has 1 saturated carbocycles. The molecular formula is C15H29N3O. The Hall–Kier alpha value is -0.610. The molecular weight excluding hydrogens is 238 g/mol. The average Bonchev–Trinajstić information content (AvgIpc) is 2.91. The van der Waals surface area contributed by atoms with Gasteiger partial charge in [0.25, 0.3) is 0 Å². The van der Waals surface area contributed by atoms with Gasteiger partial charge in [0.05, 0.1) is 0 Å². The molecule has 4 nitrogen and oxygen atoms in total. The second-order valence-corrected chi connectivity index (χ2v) is 6.25. The Kier molecular flexibility index (Phi) is 5.64. The maximum absolute atomic E-state index is 12.2. The lowest BCUT2D eigenvalue weighted by molar-refractivity contribution is -0.127. The van der Waals surface area contributed by atoms with Crippen LogP contribution in [0.1, 0.15) is 45.4 Å². The van der Waals surface area contributed by atoms with Crippen molar-refractivity contribution < 1.29 is 4.79 Å². The molecule has 2 rings (SSSR count). The number of nitrogens with zero attached hydrogens (tertiary/aromatic N) is 1. The Morgan fingerprint density at radius 1 is 1.26 bits per heavy atom. The van der Waals surface area contributed by atoms with Crippen LogP contribution in [0.25, 0.3) is 0 Å². The first-order valence-corrected chi connectivity index (χ1v) is 7.94. The minimum atomic E-state index is 0.135. The van der Waals surface area contributed by atoms with E-state index in [2.05, 4.69) is 17.1 Å². The standard InChI is InChI=1S/C15H29N3O/c1-12-13(6-4-7-14(12)16)15(19)17-8-5-11-18-9-2-3-10-18/h12-14H,2-11,16H2,1H3,(H,17,19). The Morgan fingerprint density at radius 2 is 2.00 bits per heavy atom. The van der Waals surface area contributed by atoms with E-state index in [1.165, 1.54) is 25.9 Å². The zero-order valence-corrected chi connectivity index (χ0v) is 12.2. The maximum atomic E-state index is 12.2. The highest BCUT2D eigenvalue weighted by molar-refractivity contribution is 5.79. The summed E-state index contributed by atoms with van der Waals surface area (Å²) in [5.41, 5.74) is 6.06. The lowest BCUT2D eigenvalue weighted by Gasteiger charge is -2.32. The van der Waals surface area contributed by atoms with Gasteiger partial charge >= 0.3 is 0 Å². The third-order valence-corrected chi connectivity index (χ3v) is 4.85. The summed E-state index contributed by atoms with van der Waals surface area (Å²) >= 11 is 0. The third-order valence-electron chi connectivity index (χ3n) is 4.85. The van der Waals surface area contributed by atoms with Gasteiger partial charge < -0.3 is 16.0 Å². The van der Waals surface area contributed by atoms with Crippen molar-refractivity contribution in [2.75, 3.05) is 26.2 Å². The van der Waals surface area contributed by atoms with Crippen LogP contribution in [0.4, 0.5) is 0 Å². The van der Waals surface area contributed by atoms with Crippen molar-refractivity contribution in [2.24, 2.45) is 17.6 Å². The number of likely N-dealkylation sites (tertiary alicyclic amines) is 1. The van der Waals surface area contributed by atoms with Crippen LogP contribution in [0.2, 0.25) is 0 Å². The number of hydrogen-bond acceptors (Lipinski definition) is 3. The van der Waals surface area contributed by atoms with Gasteiger partial charge in [-0.3, -0.25) is 4.79 Å². The highest BCUT2D eigenvalue weighted by atomic mass is 16.1. The Labute approximate surface area is 117 Å². The van der Waals surface area contributed by atoms with Gasteiger partial charge in [-0.15, -0.1) is 0 Å². The number of carbonyl (C=O) groups is 1. The second-order valence-electron chi connectivity index (χ2n) is 6.25. The summed E-state index contributed by atoms with van der Waals surface area (Å²) in [4.78, 5) is 14.7. The second kappa shape index (κ2) is 7.25. The predicted molar refractivity (Wildman–Crippen MR) is 77.8 cm³/mol. The Balaban J connectivity index is 1.63. The van der Waals surface area contributed by atoms with E-state index in [0.29, 0.717) is 5.92 Å². The van der Waals surface area contributed by atoms with Crippen molar-refractivity contribution in [3.8, 4) is 0 Å². The fraction of sp³-hybridized carbons (Fsp3) is 0.933. The smallest absolute Gasteiger partial charge is 0.223 e. The zero-order valence-electron chi connectivity index (χ0n) is 12.2. The first-order valence-electron chi connectivity index (χ1n) is 7.94. The van der Waals surface area contributed by atoms with Crippen LogP contribution >= 0.6 is 0 Å². The lowest BCUT2D eigenvalue weighted by atomic mass is 9.77. The van der Waals surface area contributed by atoms with Gasteiger partial charge in [-0.1, -0.05) is 13.3 Å². The van der Waals surface area contributed by atoms with Crippen molar-refractivity contribution in [3.63, 3.8) is 0 Å². The van der Waals surface area contributed by atoms with Gasteiger partial charge in [-0.05, 0) is 57.7 Å². The molecule has 0 aromatic rings. The number of rotatable bonds is 5. The molecule has 110 valence electrons. The van der Waals surface area contributed by atoms with E-state index in [1.807, 2.05) is 0 Å². The molecule has 19 heavy (non-hydrogen) atoms. The van der Waals surface area contributed by atoms with Gasteiger partial charge in [0.1, 0.15) is 0 Å².